The fourth-order valence-electron chi connectivity index (χ4n) is 3.96. The van der Waals surface area contributed by atoms with E-state index < -0.39 is 94.5 Å². The Morgan fingerprint density at radius 3 is 1.48 bits per heavy atom. The van der Waals surface area contributed by atoms with Gasteiger partial charge in [-0.2, -0.15) is 33.7 Å². The first-order chi connectivity index (χ1) is 19.2. The summed E-state index contributed by atoms with van der Waals surface area (Å²) in [5.41, 5.74) is 12.7. The predicted octanol–water partition coefficient (Wildman–Crippen LogP) is 2.98. The highest BCUT2D eigenvalue weighted by molar-refractivity contribution is 8.05. The molecule has 19 nitrogen and oxygen atoms in total. The van der Waals surface area contributed by atoms with E-state index in [1.807, 2.05) is 0 Å². The quantitative estimate of drug-likeness (QED) is 0.104. The molecule has 23 heteroatoms. The van der Waals surface area contributed by atoms with Gasteiger partial charge in [0.15, 0.2) is 5.78 Å². The van der Waals surface area contributed by atoms with E-state index in [4.69, 9.17) is 11.1 Å². The summed E-state index contributed by atoms with van der Waals surface area (Å²) in [6.07, 6.45) is -0.663. The zero-order chi connectivity index (χ0) is 31.9. The Hall–Kier alpha value is -4.15. The van der Waals surface area contributed by atoms with Crippen LogP contribution in [0.15, 0.2) is 67.6 Å². The summed E-state index contributed by atoms with van der Waals surface area (Å²) in [6.45, 7) is 0. The lowest BCUT2D eigenvalue weighted by Crippen LogP contribution is -2.45. The maximum absolute atomic E-state index is 13.4. The van der Waals surface area contributed by atoms with Crippen molar-refractivity contribution in [2.24, 2.45) is 10.2 Å². The summed E-state index contributed by atoms with van der Waals surface area (Å²) < 4.78 is 133. The molecule has 0 radical (unpaired) electrons. The largest absolute Gasteiger partial charge is 0.295 e. The fraction of sp³-hybridized carbons (Fsp3) is 0.105. The second-order valence-electron chi connectivity index (χ2n) is 8.21. The topological polar surface area (TPSA) is 332 Å². The average Bonchev–Trinajstić information content (AvgIpc) is 3.12. The van der Waals surface area contributed by atoms with Crippen LogP contribution in [0, 0.1) is 0 Å². The molecule has 2 aromatic carbocycles. The smallest absolute Gasteiger partial charge is 0.289 e. The number of allylic oxidation sites excluding steroid dienone is 1. The van der Waals surface area contributed by atoms with E-state index in [0.29, 0.717) is 24.3 Å². The summed E-state index contributed by atoms with van der Waals surface area (Å²) in [6, 6.07) is 4.79. The highest BCUT2D eigenvalue weighted by Gasteiger charge is 2.64. The van der Waals surface area contributed by atoms with Gasteiger partial charge in [0.05, 0.1) is 0 Å². The van der Waals surface area contributed by atoms with Crippen molar-refractivity contribution in [3.8, 4) is 0 Å². The molecule has 4 N–H and O–H groups in total. The molecule has 0 aliphatic heterocycles. The number of hydrogen-bond donors (Lipinski definition) is 4. The number of Topliss-reactive ketones (excluding diaryl/α,β-unsaturated/α-hetero) is 1. The molecule has 0 saturated heterocycles. The third-order valence-electron chi connectivity index (χ3n) is 5.70. The van der Waals surface area contributed by atoms with Crippen molar-refractivity contribution in [1.29, 1.82) is 0 Å². The third kappa shape index (κ3) is 6.05. The van der Waals surface area contributed by atoms with E-state index in [1.54, 1.807) is 0 Å². The molecule has 0 amide bonds. The SMILES string of the molecule is [N-]=[N+]=Nc1ccc(C=C2CC(S(=O)(=O)O)(S(=O)(=O)O)C(=Cc3ccc(N=[N+]=[N-])cc3S(=O)(=O)O)C2=O)c(S(=O)(=O)O)c1. The average molecular weight is 663 g/mol. The van der Waals surface area contributed by atoms with Crippen molar-refractivity contribution >= 4 is 69.8 Å². The minimum absolute atomic E-state index is 0.308. The molecule has 1 saturated carbocycles. The summed E-state index contributed by atoms with van der Waals surface area (Å²) in [5, 5.41) is 6.27. The van der Waals surface area contributed by atoms with Gasteiger partial charge in [0.25, 0.3) is 44.6 Å². The van der Waals surface area contributed by atoms with Crippen LogP contribution in [0.1, 0.15) is 17.5 Å². The number of carbonyl (C=O) groups is 1. The molecule has 1 fully saturated rings. The van der Waals surface area contributed by atoms with Gasteiger partial charge < -0.3 is 0 Å². The molecule has 0 unspecified atom stereocenters. The molecular weight excluding hydrogens is 649 g/mol. The van der Waals surface area contributed by atoms with Crippen LogP contribution in [-0.2, 0) is 45.3 Å². The number of rotatable bonds is 8. The summed E-state index contributed by atoms with van der Waals surface area (Å²) >= 11 is 0. The Morgan fingerprint density at radius 1 is 0.714 bits per heavy atom. The number of carbonyl (C=O) groups excluding carboxylic acids is 1. The molecule has 0 atom stereocenters. The first-order valence-electron chi connectivity index (χ1n) is 10.4. The number of hydrogen-bond acceptors (Lipinski definition) is 11. The summed E-state index contributed by atoms with van der Waals surface area (Å²) in [4.78, 5) is 16.2. The normalized spacial score (nSPS) is 17.6. The van der Waals surface area contributed by atoms with E-state index in [2.05, 4.69) is 20.1 Å². The first kappa shape index (κ1) is 32.4. The van der Waals surface area contributed by atoms with Gasteiger partial charge >= 0.3 is 0 Å². The van der Waals surface area contributed by atoms with Gasteiger partial charge in [0.2, 0.25) is 0 Å². The van der Waals surface area contributed by atoms with Gasteiger partial charge in [-0.1, -0.05) is 34.5 Å². The zero-order valence-electron chi connectivity index (χ0n) is 20.1. The van der Waals surface area contributed by atoms with Crippen LogP contribution in [0.2, 0.25) is 0 Å². The van der Waals surface area contributed by atoms with E-state index >= 15 is 0 Å². The Kier molecular flexibility index (Phi) is 8.42. The van der Waals surface area contributed by atoms with E-state index in [9.17, 15) is 56.7 Å². The van der Waals surface area contributed by atoms with E-state index in [1.165, 1.54) is 0 Å². The van der Waals surface area contributed by atoms with Gasteiger partial charge in [0, 0.05) is 38.8 Å². The van der Waals surface area contributed by atoms with Crippen molar-refractivity contribution in [2.45, 2.75) is 20.3 Å². The molecule has 3 rings (SSSR count). The van der Waals surface area contributed by atoms with E-state index in [0.717, 1.165) is 24.3 Å². The van der Waals surface area contributed by atoms with Crippen molar-refractivity contribution in [1.82, 2.24) is 0 Å². The van der Waals surface area contributed by atoms with Gasteiger partial charge in [-0.05, 0) is 46.5 Å². The highest BCUT2D eigenvalue weighted by Crippen LogP contribution is 2.47. The lowest BCUT2D eigenvalue weighted by Gasteiger charge is -2.22. The minimum atomic E-state index is -6.04. The summed E-state index contributed by atoms with van der Waals surface area (Å²) in [7, 11) is -22.4. The number of benzene rings is 2. The van der Waals surface area contributed by atoms with Crippen molar-refractivity contribution in [3.05, 3.63) is 79.6 Å². The molecule has 0 aromatic heterocycles. The van der Waals surface area contributed by atoms with Crippen LogP contribution in [-0.4, -0.2) is 61.7 Å². The Balaban J connectivity index is 2.46. The molecule has 222 valence electrons. The fourth-order valence-corrected chi connectivity index (χ4v) is 7.95. The second kappa shape index (κ2) is 10.9. The van der Waals surface area contributed by atoms with E-state index in [-0.39, 0.29) is 5.69 Å². The van der Waals surface area contributed by atoms with Gasteiger partial charge in [-0.25, -0.2) is 0 Å². The van der Waals surface area contributed by atoms with Crippen LogP contribution >= 0.6 is 0 Å². The lowest BCUT2D eigenvalue weighted by molar-refractivity contribution is -0.111. The second-order valence-corrected chi connectivity index (χ2v) is 14.5. The third-order valence-corrected chi connectivity index (χ3v) is 11.2. The predicted molar refractivity (Wildman–Crippen MR) is 142 cm³/mol. The molecule has 1 aliphatic carbocycles. The maximum Gasteiger partial charge on any atom is 0.295 e. The zero-order valence-corrected chi connectivity index (χ0v) is 23.4. The van der Waals surface area contributed by atoms with Gasteiger partial charge in [0.1, 0.15) is 9.79 Å². The monoisotopic (exact) mass is 662 g/mol. The molecule has 0 bridgehead atoms. The lowest BCUT2D eigenvalue weighted by atomic mass is 10.1. The van der Waals surface area contributed by atoms with Crippen molar-refractivity contribution in [3.63, 3.8) is 0 Å². The van der Waals surface area contributed by atoms with Crippen LogP contribution in [0.25, 0.3) is 33.0 Å². The number of nitrogens with zero attached hydrogens (tertiary/aromatic N) is 6. The number of ketones is 1. The van der Waals surface area contributed by atoms with Crippen molar-refractivity contribution in [2.75, 3.05) is 0 Å². The molecule has 1 aliphatic rings. The molecule has 0 spiro atoms. The summed E-state index contributed by atoms with van der Waals surface area (Å²) in [5.74, 6) is -1.58. The maximum atomic E-state index is 13.4. The van der Waals surface area contributed by atoms with Crippen LogP contribution in [0.4, 0.5) is 11.4 Å². The standard InChI is InChI=1S/C19H14N6O13S4/c20-24-22-13-3-1-10(16(7-13)39(27,28)29)5-12-9-19(41(33,34)35,42(36,37)38)15(18(12)26)6-11-2-4-14(23-25-21)8-17(11)40(30,31)32/h1-8H,9H2,(H,27,28,29)(H,30,31,32)(H,33,34,35)(H,36,37,38). The Morgan fingerprint density at radius 2 is 1.12 bits per heavy atom. The van der Waals surface area contributed by atoms with Gasteiger partial charge in [-0.3, -0.25) is 23.0 Å². The Bertz CT molecular complexity index is 2110. The minimum Gasteiger partial charge on any atom is -0.289 e. The van der Waals surface area contributed by atoms with Crippen LogP contribution in [0.3, 0.4) is 0 Å². The molecule has 42 heavy (non-hydrogen) atoms. The van der Waals surface area contributed by atoms with Crippen molar-refractivity contribution < 1.29 is 56.7 Å². The Labute approximate surface area is 236 Å². The molecule has 2 aromatic rings. The van der Waals surface area contributed by atoms with Crippen LogP contribution in [0.5, 0.6) is 0 Å². The molecular formula is C19H14N6O13S4. The van der Waals surface area contributed by atoms with Gasteiger partial charge in [-0.15, -0.1) is 0 Å². The number of azide groups is 2. The van der Waals surface area contributed by atoms with Crippen LogP contribution < -0.4 is 0 Å². The first-order valence-corrected chi connectivity index (χ1v) is 16.2. The molecule has 0 heterocycles. The highest BCUT2D eigenvalue weighted by atomic mass is 32.3.